The highest BCUT2D eigenvalue weighted by atomic mass is 19.1. The van der Waals surface area contributed by atoms with E-state index in [0.717, 1.165) is 12.5 Å². The lowest BCUT2D eigenvalue weighted by Gasteiger charge is -2.23. The normalized spacial score (nSPS) is 27.9. The summed E-state index contributed by atoms with van der Waals surface area (Å²) in [5.74, 6) is -2.97. The number of halogens is 1. The number of rotatable bonds is 2. The van der Waals surface area contributed by atoms with Crippen LogP contribution in [0.5, 0.6) is 5.75 Å². The fraction of sp³-hybridized carbons (Fsp3) is 0.429. The number of carbonyl (C=O) groups excluding carboxylic acids is 1. The van der Waals surface area contributed by atoms with Crippen LogP contribution in [0.25, 0.3) is 0 Å². The molecular formula is C14H14FNO4. The average molecular weight is 279 g/mol. The number of amides is 1. The summed E-state index contributed by atoms with van der Waals surface area (Å²) in [5, 5.41) is 18.3. The van der Waals surface area contributed by atoms with Crippen LogP contribution in [0.1, 0.15) is 29.6 Å². The Morgan fingerprint density at radius 2 is 2.05 bits per heavy atom. The summed E-state index contributed by atoms with van der Waals surface area (Å²) >= 11 is 0. The third-order valence-corrected chi connectivity index (χ3v) is 4.27. The molecule has 3 rings (SSSR count). The first-order valence-corrected chi connectivity index (χ1v) is 6.53. The molecule has 0 aliphatic carbocycles. The van der Waals surface area contributed by atoms with Crippen LogP contribution in [-0.4, -0.2) is 39.1 Å². The highest BCUT2D eigenvalue weighted by Crippen LogP contribution is 2.42. The quantitative estimate of drug-likeness (QED) is 0.862. The van der Waals surface area contributed by atoms with Crippen LogP contribution >= 0.6 is 0 Å². The Hall–Kier alpha value is -2.11. The van der Waals surface area contributed by atoms with Crippen molar-refractivity contribution in [3.05, 3.63) is 29.6 Å². The predicted molar refractivity (Wildman–Crippen MR) is 66.8 cm³/mol. The maximum absolute atomic E-state index is 13.8. The molecule has 106 valence electrons. The molecule has 3 unspecified atom stereocenters. The number of carbonyl (C=O) groups is 2. The molecule has 2 bridgehead atoms. The topological polar surface area (TPSA) is 77.8 Å². The second-order valence-corrected chi connectivity index (χ2v) is 5.36. The predicted octanol–water partition coefficient (Wildman–Crippen LogP) is 1.61. The molecular weight excluding hydrogens is 265 g/mol. The van der Waals surface area contributed by atoms with Crippen LogP contribution in [0.2, 0.25) is 0 Å². The van der Waals surface area contributed by atoms with Crippen molar-refractivity contribution in [2.45, 2.75) is 31.3 Å². The molecule has 2 aliphatic heterocycles. The third-order valence-electron chi connectivity index (χ3n) is 4.27. The lowest BCUT2D eigenvalue weighted by molar-refractivity contribution is -0.142. The van der Waals surface area contributed by atoms with E-state index >= 15 is 0 Å². The van der Waals surface area contributed by atoms with Gasteiger partial charge in [-0.25, -0.2) is 4.39 Å². The lowest BCUT2D eigenvalue weighted by Crippen LogP contribution is -2.38. The summed E-state index contributed by atoms with van der Waals surface area (Å²) in [7, 11) is 0. The molecule has 2 heterocycles. The Kier molecular flexibility index (Phi) is 2.88. The van der Waals surface area contributed by atoms with Gasteiger partial charge in [0.05, 0.1) is 11.5 Å². The number of nitrogens with zero attached hydrogens (tertiary/aromatic N) is 1. The fourth-order valence-electron chi connectivity index (χ4n) is 3.39. The van der Waals surface area contributed by atoms with E-state index < -0.39 is 23.6 Å². The summed E-state index contributed by atoms with van der Waals surface area (Å²) < 4.78 is 13.8. The summed E-state index contributed by atoms with van der Waals surface area (Å²) in [6.07, 6.45) is 1.85. The molecule has 20 heavy (non-hydrogen) atoms. The fourth-order valence-corrected chi connectivity index (χ4v) is 3.39. The van der Waals surface area contributed by atoms with Crippen molar-refractivity contribution in [2.24, 2.45) is 5.92 Å². The van der Waals surface area contributed by atoms with Crippen molar-refractivity contribution in [3.63, 3.8) is 0 Å². The number of benzene rings is 1. The number of phenols is 1. The van der Waals surface area contributed by atoms with Gasteiger partial charge >= 0.3 is 5.97 Å². The van der Waals surface area contributed by atoms with E-state index in [9.17, 15) is 19.1 Å². The minimum absolute atomic E-state index is 0.120. The van der Waals surface area contributed by atoms with Gasteiger partial charge in [-0.1, -0.05) is 0 Å². The van der Waals surface area contributed by atoms with E-state index in [1.807, 2.05) is 0 Å². The van der Waals surface area contributed by atoms with Crippen molar-refractivity contribution in [1.82, 2.24) is 4.90 Å². The molecule has 6 heteroatoms. The number of hydrogen-bond donors (Lipinski definition) is 2. The molecule has 2 N–H and O–H groups in total. The zero-order valence-corrected chi connectivity index (χ0v) is 10.6. The largest absolute Gasteiger partial charge is 0.508 e. The zero-order chi connectivity index (χ0) is 14.4. The SMILES string of the molecule is O=C(O)C1CC2CCC1N2C(=O)c1ccc(O)cc1F. The van der Waals surface area contributed by atoms with Gasteiger partial charge in [0.15, 0.2) is 0 Å². The molecule has 2 saturated heterocycles. The number of carboxylic acids is 1. The van der Waals surface area contributed by atoms with Gasteiger partial charge in [0.25, 0.3) is 5.91 Å². The van der Waals surface area contributed by atoms with Gasteiger partial charge in [-0.3, -0.25) is 9.59 Å². The molecule has 5 nitrogen and oxygen atoms in total. The van der Waals surface area contributed by atoms with Crippen molar-refractivity contribution in [1.29, 1.82) is 0 Å². The minimum Gasteiger partial charge on any atom is -0.508 e. The highest BCUT2D eigenvalue weighted by molar-refractivity contribution is 5.96. The van der Waals surface area contributed by atoms with Crippen molar-refractivity contribution >= 4 is 11.9 Å². The summed E-state index contributed by atoms with van der Waals surface area (Å²) in [4.78, 5) is 25.1. The maximum Gasteiger partial charge on any atom is 0.308 e. The van der Waals surface area contributed by atoms with Gasteiger partial charge < -0.3 is 15.1 Å². The maximum atomic E-state index is 13.8. The Morgan fingerprint density at radius 3 is 2.65 bits per heavy atom. The molecule has 0 saturated carbocycles. The van der Waals surface area contributed by atoms with E-state index in [1.165, 1.54) is 17.0 Å². The highest BCUT2D eigenvalue weighted by Gasteiger charge is 2.51. The minimum atomic E-state index is -0.902. The monoisotopic (exact) mass is 279 g/mol. The number of aromatic hydroxyl groups is 1. The van der Waals surface area contributed by atoms with Gasteiger partial charge in [0.1, 0.15) is 11.6 Å². The van der Waals surface area contributed by atoms with Crippen molar-refractivity contribution < 1.29 is 24.2 Å². The second-order valence-electron chi connectivity index (χ2n) is 5.36. The number of carboxylic acid groups (broad SMARTS) is 1. The molecule has 0 spiro atoms. The first kappa shape index (κ1) is 12.9. The van der Waals surface area contributed by atoms with Crippen LogP contribution in [0.4, 0.5) is 4.39 Å². The molecule has 2 aliphatic rings. The smallest absolute Gasteiger partial charge is 0.308 e. The summed E-state index contributed by atoms with van der Waals surface area (Å²) in [6.45, 7) is 0. The Morgan fingerprint density at radius 1 is 1.30 bits per heavy atom. The van der Waals surface area contributed by atoms with Gasteiger partial charge in [0.2, 0.25) is 0 Å². The summed E-state index contributed by atoms with van der Waals surface area (Å²) in [6, 6.07) is 2.91. The third kappa shape index (κ3) is 1.83. The molecule has 3 atom stereocenters. The average Bonchev–Trinajstić information content (AvgIpc) is 2.95. The standard InChI is InChI=1S/C14H14FNO4/c15-11-6-8(17)2-3-9(11)13(18)16-7-1-4-12(16)10(5-7)14(19)20/h2-3,6-7,10,12,17H,1,4-5H2,(H,19,20). The molecule has 0 radical (unpaired) electrons. The summed E-state index contributed by atoms with van der Waals surface area (Å²) in [5.41, 5.74) is -0.120. The van der Waals surface area contributed by atoms with E-state index in [1.54, 1.807) is 0 Å². The van der Waals surface area contributed by atoms with Crippen molar-refractivity contribution in [3.8, 4) is 5.75 Å². The first-order chi connectivity index (χ1) is 9.49. The van der Waals surface area contributed by atoms with E-state index in [-0.39, 0.29) is 23.4 Å². The van der Waals surface area contributed by atoms with Crippen LogP contribution in [0.3, 0.4) is 0 Å². The number of phenolic OH excluding ortho intramolecular Hbond substituents is 1. The Bertz CT molecular complexity index is 589. The van der Waals surface area contributed by atoms with E-state index in [2.05, 4.69) is 0 Å². The van der Waals surface area contributed by atoms with Gasteiger partial charge in [-0.2, -0.15) is 0 Å². The van der Waals surface area contributed by atoms with Gasteiger partial charge in [-0.05, 0) is 31.4 Å². The van der Waals surface area contributed by atoms with Gasteiger partial charge in [-0.15, -0.1) is 0 Å². The molecule has 1 aromatic carbocycles. The van der Waals surface area contributed by atoms with Crippen LogP contribution in [-0.2, 0) is 4.79 Å². The van der Waals surface area contributed by atoms with E-state index in [4.69, 9.17) is 5.11 Å². The molecule has 0 aromatic heterocycles. The Balaban J connectivity index is 1.90. The molecule has 2 fully saturated rings. The van der Waals surface area contributed by atoms with E-state index in [0.29, 0.717) is 12.8 Å². The van der Waals surface area contributed by atoms with Crippen molar-refractivity contribution in [2.75, 3.05) is 0 Å². The van der Waals surface area contributed by atoms with Gasteiger partial charge in [0, 0.05) is 18.2 Å². The van der Waals surface area contributed by atoms with Crippen LogP contribution in [0.15, 0.2) is 18.2 Å². The number of fused-ring (bicyclic) bond motifs is 2. The second kappa shape index (κ2) is 4.47. The zero-order valence-electron chi connectivity index (χ0n) is 10.6. The Labute approximate surface area is 114 Å². The number of hydrogen-bond acceptors (Lipinski definition) is 3. The van der Waals surface area contributed by atoms with Crippen LogP contribution < -0.4 is 0 Å². The molecule has 1 aromatic rings. The van der Waals surface area contributed by atoms with Crippen LogP contribution in [0, 0.1) is 11.7 Å². The molecule has 1 amide bonds. The first-order valence-electron chi connectivity index (χ1n) is 6.53. The number of aliphatic carboxylic acids is 1. The lowest BCUT2D eigenvalue weighted by atomic mass is 9.89.